The molecule has 0 bridgehead atoms. The molecule has 0 spiro atoms. The maximum atomic E-state index is 14.2. The van der Waals surface area contributed by atoms with Crippen LogP contribution in [-0.2, 0) is 14.3 Å². The van der Waals surface area contributed by atoms with Crippen LogP contribution in [0.15, 0.2) is 51.6 Å². The van der Waals surface area contributed by atoms with Crippen LogP contribution in [0.2, 0.25) is 0 Å². The quantitative estimate of drug-likeness (QED) is 0.490. The van der Waals surface area contributed by atoms with Crippen LogP contribution in [0.5, 0.6) is 0 Å². The summed E-state index contributed by atoms with van der Waals surface area (Å²) in [6, 6.07) is 6.16. The Balaban J connectivity index is 1.81. The van der Waals surface area contributed by atoms with Crippen molar-refractivity contribution < 1.29 is 27.5 Å². The second-order valence-corrected chi connectivity index (χ2v) is 10.3. The minimum absolute atomic E-state index is 0.0308. The Labute approximate surface area is 206 Å². The Morgan fingerprint density at radius 1 is 1.17 bits per heavy atom. The SMILES string of the molecule is CC(C)OC(=O)C1=C(C(F)(F)F)N=C2SC=C(CC(=O)NC3CC3)N2C1c1ccc(C(C)C)cc1. The minimum Gasteiger partial charge on any atom is -0.459 e. The molecule has 1 unspecified atom stereocenters. The molecule has 4 rings (SSSR count). The van der Waals surface area contributed by atoms with E-state index >= 15 is 0 Å². The maximum Gasteiger partial charge on any atom is 0.434 e. The number of hydrogen-bond acceptors (Lipinski definition) is 6. The van der Waals surface area contributed by atoms with E-state index in [2.05, 4.69) is 10.3 Å². The van der Waals surface area contributed by atoms with Crippen molar-refractivity contribution in [3.63, 3.8) is 0 Å². The number of carbonyl (C=O) groups is 2. The lowest BCUT2D eigenvalue weighted by molar-refractivity contribution is -0.144. The van der Waals surface area contributed by atoms with Crippen LogP contribution in [0.1, 0.15) is 70.0 Å². The Morgan fingerprint density at radius 2 is 1.83 bits per heavy atom. The van der Waals surface area contributed by atoms with Gasteiger partial charge in [0, 0.05) is 11.7 Å². The van der Waals surface area contributed by atoms with E-state index in [1.807, 2.05) is 26.0 Å². The molecule has 1 saturated carbocycles. The number of hydrogen-bond donors (Lipinski definition) is 1. The summed E-state index contributed by atoms with van der Waals surface area (Å²) in [5.74, 6) is -1.07. The molecule has 10 heteroatoms. The van der Waals surface area contributed by atoms with Gasteiger partial charge < -0.3 is 15.0 Å². The number of thioether (sulfide) groups is 1. The number of rotatable bonds is 7. The van der Waals surface area contributed by atoms with E-state index in [1.165, 1.54) is 0 Å². The molecule has 3 aliphatic rings. The second-order valence-electron chi connectivity index (χ2n) is 9.45. The fourth-order valence-corrected chi connectivity index (χ4v) is 4.93. The molecular weight excluding hydrogens is 479 g/mol. The molecule has 188 valence electrons. The van der Waals surface area contributed by atoms with Crippen LogP contribution in [0.25, 0.3) is 0 Å². The van der Waals surface area contributed by atoms with E-state index in [1.54, 1.807) is 36.3 Å². The van der Waals surface area contributed by atoms with Crippen LogP contribution in [0.4, 0.5) is 13.2 Å². The average molecular weight is 508 g/mol. The zero-order chi connectivity index (χ0) is 25.5. The number of carbonyl (C=O) groups excluding carboxylic acids is 2. The molecule has 1 aromatic rings. The molecule has 6 nitrogen and oxygen atoms in total. The van der Waals surface area contributed by atoms with Crippen molar-refractivity contribution in [3.05, 3.63) is 57.8 Å². The van der Waals surface area contributed by atoms with Crippen LogP contribution in [0, 0.1) is 0 Å². The summed E-state index contributed by atoms with van der Waals surface area (Å²) in [4.78, 5) is 31.1. The highest BCUT2D eigenvalue weighted by Gasteiger charge is 2.49. The van der Waals surface area contributed by atoms with Gasteiger partial charge in [0.15, 0.2) is 10.9 Å². The maximum absolute atomic E-state index is 14.2. The Bertz CT molecular complexity index is 1100. The molecule has 1 amide bonds. The van der Waals surface area contributed by atoms with Crippen molar-refractivity contribution in [2.24, 2.45) is 4.99 Å². The lowest BCUT2D eigenvalue weighted by atomic mass is 9.91. The first-order valence-corrected chi connectivity index (χ1v) is 12.5. The van der Waals surface area contributed by atoms with E-state index in [0.29, 0.717) is 11.3 Å². The van der Waals surface area contributed by atoms with Crippen LogP contribution < -0.4 is 5.32 Å². The van der Waals surface area contributed by atoms with Gasteiger partial charge in [0.25, 0.3) is 0 Å². The van der Waals surface area contributed by atoms with Gasteiger partial charge in [0.2, 0.25) is 5.91 Å². The number of alkyl halides is 3. The minimum atomic E-state index is -4.87. The monoisotopic (exact) mass is 507 g/mol. The zero-order valence-electron chi connectivity index (χ0n) is 20.0. The number of nitrogens with one attached hydrogen (secondary N) is 1. The fraction of sp³-hybridized carbons (Fsp3) is 0.480. The molecule has 2 heterocycles. The van der Waals surface area contributed by atoms with Crippen molar-refractivity contribution in [2.75, 3.05) is 0 Å². The van der Waals surface area contributed by atoms with Crippen LogP contribution in [0.3, 0.4) is 0 Å². The summed E-state index contributed by atoms with van der Waals surface area (Å²) in [5.41, 5.74) is 0.136. The van der Waals surface area contributed by atoms with Gasteiger partial charge in [-0.05, 0) is 49.1 Å². The van der Waals surface area contributed by atoms with Gasteiger partial charge in [0.05, 0.1) is 24.1 Å². The lowest BCUT2D eigenvalue weighted by Crippen LogP contribution is -2.40. The van der Waals surface area contributed by atoms with Gasteiger partial charge in [-0.2, -0.15) is 13.2 Å². The largest absolute Gasteiger partial charge is 0.459 e. The van der Waals surface area contributed by atoms with Gasteiger partial charge in [-0.15, -0.1) is 0 Å². The number of nitrogens with zero attached hydrogens (tertiary/aromatic N) is 2. The molecular formula is C25H28F3N3O3S. The van der Waals surface area contributed by atoms with Gasteiger partial charge in [0.1, 0.15) is 0 Å². The van der Waals surface area contributed by atoms with Gasteiger partial charge in [-0.3, -0.25) is 4.79 Å². The highest BCUT2D eigenvalue weighted by Crippen LogP contribution is 2.48. The van der Waals surface area contributed by atoms with E-state index in [0.717, 1.165) is 30.2 Å². The topological polar surface area (TPSA) is 71.0 Å². The van der Waals surface area contributed by atoms with Crippen LogP contribution in [-0.4, -0.2) is 40.3 Å². The first-order valence-electron chi connectivity index (χ1n) is 11.6. The van der Waals surface area contributed by atoms with Crippen molar-refractivity contribution >= 4 is 28.8 Å². The molecule has 35 heavy (non-hydrogen) atoms. The van der Waals surface area contributed by atoms with Gasteiger partial charge in [-0.25, -0.2) is 9.79 Å². The molecule has 0 radical (unpaired) electrons. The molecule has 2 aliphatic heterocycles. The molecule has 1 aromatic carbocycles. The Kier molecular flexibility index (Phi) is 7.04. The second kappa shape index (κ2) is 9.72. The third kappa shape index (κ3) is 5.58. The smallest absolute Gasteiger partial charge is 0.434 e. The fourth-order valence-electron chi connectivity index (χ4n) is 4.01. The first-order chi connectivity index (χ1) is 16.5. The first kappa shape index (κ1) is 25.3. The molecule has 1 fully saturated rings. The van der Waals surface area contributed by atoms with Crippen LogP contribution >= 0.6 is 11.8 Å². The number of benzene rings is 1. The predicted octanol–water partition coefficient (Wildman–Crippen LogP) is 5.55. The number of aliphatic imine (C=N–C) groups is 1. The molecule has 1 N–H and O–H groups in total. The summed E-state index contributed by atoms with van der Waals surface area (Å²) in [6.45, 7) is 7.19. The highest BCUT2D eigenvalue weighted by molar-refractivity contribution is 8.16. The summed E-state index contributed by atoms with van der Waals surface area (Å²) in [5, 5.41) is 4.61. The average Bonchev–Trinajstić information content (AvgIpc) is 3.49. The summed E-state index contributed by atoms with van der Waals surface area (Å²) >= 11 is 1.01. The number of halogens is 3. The van der Waals surface area contributed by atoms with Crippen molar-refractivity contribution in [1.82, 2.24) is 10.2 Å². The van der Waals surface area contributed by atoms with Crippen molar-refractivity contribution in [1.29, 1.82) is 0 Å². The van der Waals surface area contributed by atoms with E-state index < -0.39 is 35.6 Å². The zero-order valence-corrected chi connectivity index (χ0v) is 20.8. The Hall–Kier alpha value is -2.75. The number of allylic oxidation sites excluding steroid dienone is 1. The van der Waals surface area contributed by atoms with Crippen molar-refractivity contribution in [3.8, 4) is 0 Å². The molecule has 0 saturated heterocycles. The third-order valence-electron chi connectivity index (χ3n) is 5.84. The molecule has 1 atom stereocenters. The van der Waals surface area contributed by atoms with E-state index in [-0.39, 0.29) is 29.5 Å². The Morgan fingerprint density at radius 3 is 2.37 bits per heavy atom. The van der Waals surface area contributed by atoms with E-state index in [9.17, 15) is 22.8 Å². The van der Waals surface area contributed by atoms with Gasteiger partial charge in [-0.1, -0.05) is 49.9 Å². The molecule has 1 aliphatic carbocycles. The number of amides is 1. The number of amidine groups is 1. The summed E-state index contributed by atoms with van der Waals surface area (Å²) in [6.07, 6.45) is -3.68. The lowest BCUT2D eigenvalue weighted by Gasteiger charge is -2.37. The van der Waals surface area contributed by atoms with E-state index in [4.69, 9.17) is 4.74 Å². The predicted molar refractivity (Wildman–Crippen MR) is 128 cm³/mol. The number of fused-ring (bicyclic) bond motifs is 1. The number of ether oxygens (including phenoxy) is 1. The summed E-state index contributed by atoms with van der Waals surface area (Å²) < 4.78 is 47.8. The normalized spacial score (nSPS) is 20.1. The molecule has 0 aromatic heterocycles. The summed E-state index contributed by atoms with van der Waals surface area (Å²) in [7, 11) is 0. The highest BCUT2D eigenvalue weighted by atomic mass is 32.2. The standard InChI is InChI=1S/C25H28F3N3O3S/c1-13(2)15-5-7-16(8-6-15)21-20(23(33)34-14(3)4)22(25(26,27)28)30-24-31(21)18(12-35-24)11-19(32)29-17-9-10-17/h5-8,12-14,17,21H,9-11H2,1-4H3,(H,29,32). The van der Waals surface area contributed by atoms with Gasteiger partial charge >= 0.3 is 12.1 Å². The number of esters is 1. The third-order valence-corrected chi connectivity index (χ3v) is 6.73. The van der Waals surface area contributed by atoms with Crippen molar-refractivity contribution in [2.45, 2.75) is 77.2 Å².